The molecule has 2 heterocycles. The van der Waals surface area contributed by atoms with E-state index in [1.807, 2.05) is 16.7 Å². The molecular weight excluding hydrogens is 286 g/mol. The Hall–Kier alpha value is -1.65. The number of fused-ring (bicyclic) bond motifs is 1. The van der Waals surface area contributed by atoms with Gasteiger partial charge >= 0.3 is 0 Å². The Morgan fingerprint density at radius 2 is 1.96 bits per heavy atom. The maximum atomic E-state index is 12.1. The van der Waals surface area contributed by atoms with Crippen LogP contribution in [0.1, 0.15) is 43.6 Å². The molecule has 1 aliphatic heterocycles. The second-order valence-electron chi connectivity index (χ2n) is 6.61. The lowest BCUT2D eigenvalue weighted by molar-refractivity contribution is 0.0940. The van der Waals surface area contributed by atoms with Crippen molar-refractivity contribution in [3.63, 3.8) is 0 Å². The Bertz CT molecular complexity index is 685. The molecule has 23 heavy (non-hydrogen) atoms. The Morgan fingerprint density at radius 3 is 2.61 bits per heavy atom. The van der Waals surface area contributed by atoms with Crippen molar-refractivity contribution in [2.45, 2.75) is 33.2 Å². The van der Waals surface area contributed by atoms with Gasteiger partial charge in [0.2, 0.25) is 5.91 Å². The summed E-state index contributed by atoms with van der Waals surface area (Å²) in [5.74, 6) is 0.634. The van der Waals surface area contributed by atoms with E-state index in [0.717, 1.165) is 38.1 Å². The molecule has 2 aromatic rings. The second-order valence-corrected chi connectivity index (χ2v) is 6.61. The first kappa shape index (κ1) is 16.2. The maximum absolute atomic E-state index is 12.1. The van der Waals surface area contributed by atoms with Crippen LogP contribution in [0.3, 0.4) is 0 Å². The van der Waals surface area contributed by atoms with Crippen LogP contribution in [0.25, 0.3) is 10.9 Å². The van der Waals surface area contributed by atoms with Gasteiger partial charge in [-0.05, 0) is 17.5 Å². The summed E-state index contributed by atoms with van der Waals surface area (Å²) < 4.78 is 1.81. The van der Waals surface area contributed by atoms with Gasteiger partial charge in [-0.1, -0.05) is 38.5 Å². The second kappa shape index (κ2) is 6.85. The molecule has 1 fully saturated rings. The van der Waals surface area contributed by atoms with Crippen LogP contribution in [0, 0.1) is 5.92 Å². The minimum Gasteiger partial charge on any atom is -0.314 e. The van der Waals surface area contributed by atoms with E-state index in [0.29, 0.717) is 12.0 Å². The third-order valence-corrected chi connectivity index (χ3v) is 5.13. The highest BCUT2D eigenvalue weighted by Gasteiger charge is 2.29. The number of benzene rings is 1. The summed E-state index contributed by atoms with van der Waals surface area (Å²) >= 11 is 0. The van der Waals surface area contributed by atoms with Crippen molar-refractivity contribution in [3.8, 4) is 0 Å². The van der Waals surface area contributed by atoms with E-state index in [1.165, 1.54) is 10.9 Å². The molecule has 1 aliphatic rings. The maximum Gasteiger partial charge on any atom is 0.227 e. The van der Waals surface area contributed by atoms with E-state index < -0.39 is 0 Å². The summed E-state index contributed by atoms with van der Waals surface area (Å²) in [6.45, 7) is 10.4. The van der Waals surface area contributed by atoms with E-state index in [4.69, 9.17) is 0 Å². The molecule has 1 aromatic heterocycles. The fourth-order valence-electron chi connectivity index (χ4n) is 3.75. The molecular formula is C19H27N3O. The molecule has 4 heteroatoms. The third-order valence-electron chi connectivity index (χ3n) is 5.13. The summed E-state index contributed by atoms with van der Waals surface area (Å²) in [6, 6.07) is 8.65. The van der Waals surface area contributed by atoms with Gasteiger partial charge in [0.1, 0.15) is 0 Å². The number of carbonyl (C=O) groups is 1. The number of rotatable bonds is 4. The van der Waals surface area contributed by atoms with Gasteiger partial charge in [-0.25, -0.2) is 0 Å². The molecule has 0 aliphatic carbocycles. The molecule has 2 atom stereocenters. The van der Waals surface area contributed by atoms with Crippen molar-refractivity contribution >= 4 is 16.8 Å². The summed E-state index contributed by atoms with van der Waals surface area (Å²) in [5.41, 5.74) is 2.32. The highest BCUT2D eigenvalue weighted by Crippen LogP contribution is 2.36. The van der Waals surface area contributed by atoms with Crippen molar-refractivity contribution in [1.29, 1.82) is 0 Å². The smallest absolute Gasteiger partial charge is 0.227 e. The lowest BCUT2D eigenvalue weighted by Gasteiger charge is -2.38. The van der Waals surface area contributed by atoms with Crippen LogP contribution in [0.2, 0.25) is 0 Å². The first-order valence-corrected chi connectivity index (χ1v) is 8.69. The van der Waals surface area contributed by atoms with Crippen LogP contribution in [0.4, 0.5) is 0 Å². The Labute approximate surface area is 138 Å². The molecule has 1 saturated heterocycles. The number of carbonyl (C=O) groups excluding carboxylic acids is 1. The molecule has 0 saturated carbocycles. The number of hydrogen-bond acceptors (Lipinski definition) is 3. The molecule has 1 N–H and O–H groups in total. The van der Waals surface area contributed by atoms with E-state index in [1.54, 1.807) is 6.92 Å². The predicted octanol–water partition coefficient (Wildman–Crippen LogP) is 3.29. The minimum atomic E-state index is 0.0793. The summed E-state index contributed by atoms with van der Waals surface area (Å²) in [7, 11) is 0. The summed E-state index contributed by atoms with van der Waals surface area (Å²) in [4.78, 5) is 14.6. The molecule has 4 nitrogen and oxygen atoms in total. The Balaban J connectivity index is 2.11. The molecule has 0 spiro atoms. The zero-order chi connectivity index (χ0) is 16.4. The van der Waals surface area contributed by atoms with E-state index >= 15 is 0 Å². The molecule has 1 unspecified atom stereocenters. The number of aromatic nitrogens is 1. The number of para-hydroxylation sites is 1. The first-order valence-electron chi connectivity index (χ1n) is 8.69. The standard InChI is InChI=1S/C19H27N3O/c1-4-14(2)19(21-11-9-20-10-12-21)17-13-22(15(3)23)18-8-6-5-7-16(17)18/h5-8,13-14,19-20H,4,9-12H2,1-3H3/t14?,19-/m0/s1. The lowest BCUT2D eigenvalue weighted by Crippen LogP contribution is -2.46. The van der Waals surface area contributed by atoms with Gasteiger partial charge in [0.15, 0.2) is 0 Å². The SMILES string of the molecule is CCC(C)[C@@H](c1cn(C(C)=O)c2ccccc12)N1CCNCC1. The monoisotopic (exact) mass is 313 g/mol. The lowest BCUT2D eigenvalue weighted by atomic mass is 9.90. The first-order chi connectivity index (χ1) is 11.1. The van der Waals surface area contributed by atoms with Crippen LogP contribution in [-0.2, 0) is 0 Å². The van der Waals surface area contributed by atoms with Crippen LogP contribution >= 0.6 is 0 Å². The number of nitrogens with one attached hydrogen (secondary N) is 1. The van der Waals surface area contributed by atoms with Gasteiger partial charge in [-0.3, -0.25) is 14.3 Å². The van der Waals surface area contributed by atoms with Crippen molar-refractivity contribution in [3.05, 3.63) is 36.0 Å². The molecule has 0 radical (unpaired) electrons. The van der Waals surface area contributed by atoms with Gasteiger partial charge in [0.25, 0.3) is 0 Å². The zero-order valence-corrected chi connectivity index (χ0v) is 14.4. The van der Waals surface area contributed by atoms with E-state index in [9.17, 15) is 4.79 Å². The summed E-state index contributed by atoms with van der Waals surface area (Å²) in [6.07, 6.45) is 3.21. The molecule has 124 valence electrons. The molecule has 1 aromatic carbocycles. The predicted molar refractivity (Wildman–Crippen MR) is 94.9 cm³/mol. The highest BCUT2D eigenvalue weighted by molar-refractivity contribution is 5.93. The third kappa shape index (κ3) is 3.06. The number of hydrogen-bond donors (Lipinski definition) is 1. The van der Waals surface area contributed by atoms with Gasteiger partial charge in [-0.2, -0.15) is 0 Å². The van der Waals surface area contributed by atoms with Crippen LogP contribution < -0.4 is 5.32 Å². The van der Waals surface area contributed by atoms with Gasteiger partial charge in [-0.15, -0.1) is 0 Å². The van der Waals surface area contributed by atoms with Crippen LogP contribution in [0.5, 0.6) is 0 Å². The Morgan fingerprint density at radius 1 is 1.26 bits per heavy atom. The summed E-state index contributed by atoms with van der Waals surface area (Å²) in [5, 5.41) is 4.65. The molecule has 0 amide bonds. The molecule has 3 rings (SSSR count). The van der Waals surface area contributed by atoms with Crippen LogP contribution in [0.15, 0.2) is 30.5 Å². The van der Waals surface area contributed by atoms with Gasteiger partial charge in [0, 0.05) is 50.7 Å². The Kier molecular flexibility index (Phi) is 4.83. The zero-order valence-electron chi connectivity index (χ0n) is 14.4. The quantitative estimate of drug-likeness (QED) is 0.941. The van der Waals surface area contributed by atoms with Crippen LogP contribution in [-0.4, -0.2) is 41.6 Å². The van der Waals surface area contributed by atoms with E-state index in [2.05, 4.69) is 42.4 Å². The average molecular weight is 313 g/mol. The fourth-order valence-corrected chi connectivity index (χ4v) is 3.75. The molecule has 0 bridgehead atoms. The van der Waals surface area contributed by atoms with Gasteiger partial charge < -0.3 is 5.32 Å². The van der Waals surface area contributed by atoms with Crippen molar-refractivity contribution in [1.82, 2.24) is 14.8 Å². The van der Waals surface area contributed by atoms with Crippen molar-refractivity contribution < 1.29 is 4.79 Å². The normalized spacial score (nSPS) is 18.9. The highest BCUT2D eigenvalue weighted by atomic mass is 16.1. The van der Waals surface area contributed by atoms with Crippen molar-refractivity contribution in [2.75, 3.05) is 26.2 Å². The van der Waals surface area contributed by atoms with Gasteiger partial charge in [0.05, 0.1) is 5.52 Å². The number of nitrogens with zero attached hydrogens (tertiary/aromatic N) is 2. The largest absolute Gasteiger partial charge is 0.314 e. The van der Waals surface area contributed by atoms with Crippen molar-refractivity contribution in [2.24, 2.45) is 5.92 Å². The fraction of sp³-hybridized carbons (Fsp3) is 0.526. The van der Waals surface area contributed by atoms with E-state index in [-0.39, 0.29) is 5.91 Å². The average Bonchev–Trinajstić information content (AvgIpc) is 2.96. The number of piperazine rings is 1. The topological polar surface area (TPSA) is 37.3 Å². The minimum absolute atomic E-state index is 0.0793.